The SMILES string of the molecule is COC1(C)CCCN(C(=O)c2ccc(Br)s2)C1. The summed E-state index contributed by atoms with van der Waals surface area (Å²) in [5.41, 5.74) is -0.192. The Morgan fingerprint density at radius 2 is 2.35 bits per heavy atom. The van der Waals surface area contributed by atoms with Crippen LogP contribution in [0.1, 0.15) is 29.4 Å². The van der Waals surface area contributed by atoms with Gasteiger partial charge in [-0.15, -0.1) is 11.3 Å². The van der Waals surface area contributed by atoms with E-state index in [4.69, 9.17) is 4.74 Å². The summed E-state index contributed by atoms with van der Waals surface area (Å²) in [6.07, 6.45) is 2.02. The zero-order valence-electron chi connectivity index (χ0n) is 10.0. The summed E-state index contributed by atoms with van der Waals surface area (Å²) < 4.78 is 6.49. The van der Waals surface area contributed by atoms with Gasteiger partial charge >= 0.3 is 0 Å². The molecular weight excluding hydrogens is 302 g/mol. The maximum atomic E-state index is 12.3. The normalized spacial score (nSPS) is 25.0. The number of amides is 1. The molecule has 1 aliphatic heterocycles. The predicted octanol–water partition coefficient (Wildman–Crippen LogP) is 3.15. The zero-order valence-corrected chi connectivity index (χ0v) is 12.4. The molecule has 1 fully saturated rings. The second kappa shape index (κ2) is 5.08. The maximum Gasteiger partial charge on any atom is 0.264 e. The second-order valence-corrected chi connectivity index (χ2v) is 7.05. The summed E-state index contributed by atoms with van der Waals surface area (Å²) >= 11 is 4.87. The van der Waals surface area contributed by atoms with Crippen molar-refractivity contribution in [3.63, 3.8) is 0 Å². The van der Waals surface area contributed by atoms with Crippen LogP contribution in [-0.2, 0) is 4.74 Å². The molecule has 0 spiro atoms. The Balaban J connectivity index is 2.10. The summed E-state index contributed by atoms with van der Waals surface area (Å²) in [5, 5.41) is 0. The van der Waals surface area contributed by atoms with Gasteiger partial charge in [-0.1, -0.05) is 0 Å². The number of carbonyl (C=O) groups is 1. The van der Waals surface area contributed by atoms with Gasteiger partial charge in [-0.25, -0.2) is 0 Å². The lowest BCUT2D eigenvalue weighted by atomic mass is 9.94. The molecule has 17 heavy (non-hydrogen) atoms. The number of likely N-dealkylation sites (tertiary alicyclic amines) is 1. The highest BCUT2D eigenvalue weighted by Gasteiger charge is 2.33. The molecule has 1 saturated heterocycles. The molecule has 0 aromatic carbocycles. The summed E-state index contributed by atoms with van der Waals surface area (Å²) in [6, 6.07) is 3.78. The van der Waals surface area contributed by atoms with Crippen LogP contribution in [-0.4, -0.2) is 36.6 Å². The molecule has 3 nitrogen and oxygen atoms in total. The van der Waals surface area contributed by atoms with E-state index < -0.39 is 0 Å². The standard InChI is InChI=1S/C12H16BrNO2S/c1-12(16-2)6-3-7-14(8-12)11(15)9-4-5-10(13)17-9/h4-5H,3,6-8H2,1-2H3. The Hall–Kier alpha value is -0.390. The molecule has 94 valence electrons. The van der Waals surface area contributed by atoms with Crippen molar-refractivity contribution in [2.75, 3.05) is 20.2 Å². The summed E-state index contributed by atoms with van der Waals surface area (Å²) in [5.74, 6) is 0.115. The van der Waals surface area contributed by atoms with Crippen LogP contribution in [0.2, 0.25) is 0 Å². The Labute approximate surface area is 114 Å². The van der Waals surface area contributed by atoms with Gasteiger partial charge in [-0.3, -0.25) is 4.79 Å². The van der Waals surface area contributed by atoms with Crippen molar-refractivity contribution in [1.29, 1.82) is 0 Å². The average Bonchev–Trinajstić information content (AvgIpc) is 2.75. The van der Waals surface area contributed by atoms with Gasteiger partial charge in [0.1, 0.15) is 0 Å². The largest absolute Gasteiger partial charge is 0.377 e. The van der Waals surface area contributed by atoms with E-state index in [1.54, 1.807) is 7.11 Å². The smallest absolute Gasteiger partial charge is 0.264 e. The lowest BCUT2D eigenvalue weighted by Gasteiger charge is -2.39. The quantitative estimate of drug-likeness (QED) is 0.838. The zero-order chi connectivity index (χ0) is 12.5. The monoisotopic (exact) mass is 317 g/mol. The van der Waals surface area contributed by atoms with Gasteiger partial charge in [0.05, 0.1) is 14.3 Å². The van der Waals surface area contributed by atoms with Crippen LogP contribution in [0.4, 0.5) is 0 Å². The minimum Gasteiger partial charge on any atom is -0.377 e. The minimum absolute atomic E-state index is 0.115. The summed E-state index contributed by atoms with van der Waals surface area (Å²) in [6.45, 7) is 3.57. The van der Waals surface area contributed by atoms with Crippen LogP contribution < -0.4 is 0 Å². The van der Waals surface area contributed by atoms with Crippen LogP contribution >= 0.6 is 27.3 Å². The van der Waals surface area contributed by atoms with Gasteiger partial charge in [0.25, 0.3) is 5.91 Å². The van der Waals surface area contributed by atoms with Gasteiger partial charge in [0.2, 0.25) is 0 Å². The van der Waals surface area contributed by atoms with Crippen molar-refractivity contribution in [3.8, 4) is 0 Å². The molecule has 0 aliphatic carbocycles. The first kappa shape index (κ1) is 13.1. The molecule has 2 heterocycles. The number of thiophene rings is 1. The van der Waals surface area contributed by atoms with Gasteiger partial charge in [-0.2, -0.15) is 0 Å². The van der Waals surface area contributed by atoms with Gasteiger partial charge in [0, 0.05) is 20.2 Å². The van der Waals surface area contributed by atoms with E-state index in [0.29, 0.717) is 6.54 Å². The molecule has 2 rings (SSSR count). The van der Waals surface area contributed by atoms with Crippen LogP contribution in [0.5, 0.6) is 0 Å². The molecule has 1 aromatic rings. The first-order valence-electron chi connectivity index (χ1n) is 5.64. The van der Waals surface area contributed by atoms with Crippen LogP contribution in [0, 0.1) is 0 Å². The molecular formula is C12H16BrNO2S. The molecule has 0 bridgehead atoms. The van der Waals surface area contributed by atoms with Crippen molar-refractivity contribution in [3.05, 3.63) is 20.8 Å². The topological polar surface area (TPSA) is 29.5 Å². The number of carbonyl (C=O) groups excluding carboxylic acids is 1. The molecule has 0 N–H and O–H groups in total. The average molecular weight is 318 g/mol. The molecule has 1 aliphatic rings. The third kappa shape index (κ3) is 2.89. The summed E-state index contributed by atoms with van der Waals surface area (Å²) in [4.78, 5) is 15.0. The van der Waals surface area contributed by atoms with Crippen molar-refractivity contribution in [2.45, 2.75) is 25.4 Å². The van der Waals surface area contributed by atoms with E-state index in [2.05, 4.69) is 22.9 Å². The minimum atomic E-state index is -0.192. The van der Waals surface area contributed by atoms with E-state index in [1.807, 2.05) is 17.0 Å². The molecule has 1 unspecified atom stereocenters. The van der Waals surface area contributed by atoms with Crippen LogP contribution in [0.25, 0.3) is 0 Å². The maximum absolute atomic E-state index is 12.3. The number of halogens is 1. The van der Waals surface area contributed by atoms with Gasteiger partial charge in [0.15, 0.2) is 0 Å². The number of rotatable bonds is 2. The summed E-state index contributed by atoms with van der Waals surface area (Å²) in [7, 11) is 1.72. The number of methoxy groups -OCH3 is 1. The van der Waals surface area contributed by atoms with Crippen molar-refractivity contribution >= 4 is 33.2 Å². The molecule has 0 radical (unpaired) electrons. The van der Waals surface area contributed by atoms with Crippen LogP contribution in [0.15, 0.2) is 15.9 Å². The van der Waals surface area contributed by atoms with Gasteiger partial charge in [-0.05, 0) is 47.8 Å². The fraction of sp³-hybridized carbons (Fsp3) is 0.583. The molecule has 0 saturated carbocycles. The Morgan fingerprint density at radius 3 is 2.94 bits per heavy atom. The molecule has 1 atom stereocenters. The Bertz CT molecular complexity index is 420. The Kier molecular flexibility index (Phi) is 3.90. The van der Waals surface area contributed by atoms with E-state index in [0.717, 1.165) is 28.0 Å². The third-order valence-electron chi connectivity index (χ3n) is 3.22. The van der Waals surface area contributed by atoms with Crippen LogP contribution in [0.3, 0.4) is 0 Å². The lowest BCUT2D eigenvalue weighted by molar-refractivity contribution is -0.0439. The predicted molar refractivity (Wildman–Crippen MR) is 72.6 cm³/mol. The first-order chi connectivity index (χ1) is 8.04. The van der Waals surface area contributed by atoms with E-state index >= 15 is 0 Å². The highest BCUT2D eigenvalue weighted by Crippen LogP contribution is 2.28. The number of nitrogens with zero attached hydrogens (tertiary/aromatic N) is 1. The van der Waals surface area contributed by atoms with Gasteiger partial charge < -0.3 is 9.64 Å². The highest BCUT2D eigenvalue weighted by atomic mass is 79.9. The fourth-order valence-electron chi connectivity index (χ4n) is 2.13. The molecule has 1 amide bonds. The first-order valence-corrected chi connectivity index (χ1v) is 7.25. The Morgan fingerprint density at radius 1 is 1.59 bits per heavy atom. The van der Waals surface area contributed by atoms with Crippen molar-refractivity contribution in [2.24, 2.45) is 0 Å². The van der Waals surface area contributed by atoms with Crippen molar-refractivity contribution < 1.29 is 9.53 Å². The molecule has 1 aromatic heterocycles. The highest BCUT2D eigenvalue weighted by molar-refractivity contribution is 9.11. The number of hydrogen-bond acceptors (Lipinski definition) is 3. The lowest BCUT2D eigenvalue weighted by Crippen LogP contribution is -2.49. The number of piperidine rings is 1. The fourth-order valence-corrected chi connectivity index (χ4v) is 3.48. The molecule has 5 heteroatoms. The van der Waals surface area contributed by atoms with E-state index in [-0.39, 0.29) is 11.5 Å². The number of ether oxygens (including phenoxy) is 1. The van der Waals surface area contributed by atoms with E-state index in [9.17, 15) is 4.79 Å². The van der Waals surface area contributed by atoms with Crippen molar-refractivity contribution in [1.82, 2.24) is 4.90 Å². The van der Waals surface area contributed by atoms with E-state index in [1.165, 1.54) is 11.3 Å². The second-order valence-electron chi connectivity index (χ2n) is 4.59. The third-order valence-corrected chi connectivity index (χ3v) is 4.83. The number of hydrogen-bond donors (Lipinski definition) is 0.